The number of aryl methyl sites for hydroxylation is 1. The monoisotopic (exact) mass is 339 g/mol. The van der Waals surface area contributed by atoms with Crippen LogP contribution in [-0.4, -0.2) is 56.6 Å². The van der Waals surface area contributed by atoms with Crippen LogP contribution >= 0.6 is 0 Å². The van der Waals surface area contributed by atoms with Crippen LogP contribution in [0.1, 0.15) is 13.3 Å². The number of nitrogens with zero attached hydrogens (tertiary/aromatic N) is 3. The minimum Gasteiger partial charge on any atom is -0.381 e. The van der Waals surface area contributed by atoms with Crippen LogP contribution in [0.25, 0.3) is 0 Å². The lowest BCUT2D eigenvalue weighted by molar-refractivity contribution is 0.424. The van der Waals surface area contributed by atoms with Crippen molar-refractivity contribution in [3.8, 4) is 0 Å². The van der Waals surface area contributed by atoms with Gasteiger partial charge in [0.25, 0.3) is 10.0 Å². The summed E-state index contributed by atoms with van der Waals surface area (Å²) in [5.74, 6) is -0.0729. The van der Waals surface area contributed by atoms with E-state index in [1.807, 2.05) is 0 Å². The highest BCUT2D eigenvalue weighted by molar-refractivity contribution is 7.89. The first kappa shape index (κ1) is 17.9. The zero-order chi connectivity index (χ0) is 16.3. The molecule has 0 unspecified atom stereocenters. The van der Waals surface area contributed by atoms with Crippen molar-refractivity contribution in [1.82, 2.24) is 18.6 Å². The van der Waals surface area contributed by atoms with Crippen molar-refractivity contribution in [1.29, 1.82) is 0 Å². The predicted molar refractivity (Wildman–Crippen MR) is 79.5 cm³/mol. The molecule has 0 radical (unpaired) electrons. The Hall–Kier alpha value is -1.17. The van der Waals surface area contributed by atoms with Crippen LogP contribution in [0.4, 0.5) is 5.82 Å². The Morgan fingerprint density at radius 1 is 1.38 bits per heavy atom. The second-order valence-corrected chi connectivity index (χ2v) is 8.22. The number of rotatable bonds is 8. The van der Waals surface area contributed by atoms with E-state index in [0.29, 0.717) is 13.0 Å². The van der Waals surface area contributed by atoms with Crippen molar-refractivity contribution in [2.45, 2.75) is 18.4 Å². The summed E-state index contributed by atoms with van der Waals surface area (Å²) in [4.78, 5) is 3.72. The number of nitrogens with one attached hydrogen (secondary N) is 1. The van der Waals surface area contributed by atoms with Gasteiger partial charge in [-0.05, 0) is 6.42 Å². The van der Waals surface area contributed by atoms with Gasteiger partial charge in [-0.25, -0.2) is 30.8 Å². The molecule has 1 heterocycles. The van der Waals surface area contributed by atoms with Gasteiger partial charge in [0.15, 0.2) is 10.8 Å². The van der Waals surface area contributed by atoms with Crippen LogP contribution in [0.15, 0.2) is 11.4 Å². The van der Waals surface area contributed by atoms with Crippen molar-refractivity contribution in [2.24, 2.45) is 7.05 Å². The molecular weight excluding hydrogens is 318 g/mol. The normalized spacial score (nSPS) is 13.0. The van der Waals surface area contributed by atoms with Gasteiger partial charge in [0, 0.05) is 26.7 Å². The molecule has 0 atom stereocenters. The molecule has 122 valence electrons. The average Bonchev–Trinajstić information content (AvgIpc) is 2.67. The van der Waals surface area contributed by atoms with E-state index >= 15 is 0 Å². The van der Waals surface area contributed by atoms with E-state index in [9.17, 15) is 16.8 Å². The predicted octanol–water partition coefficient (Wildman–Crippen LogP) is -1.05. The molecule has 0 fully saturated rings. The van der Waals surface area contributed by atoms with Crippen molar-refractivity contribution >= 4 is 25.9 Å². The van der Waals surface area contributed by atoms with E-state index in [4.69, 9.17) is 5.73 Å². The minimum absolute atomic E-state index is 0.0729. The second kappa shape index (κ2) is 6.73. The van der Waals surface area contributed by atoms with Gasteiger partial charge in [0.2, 0.25) is 10.0 Å². The SMILES string of the molecule is CCN(CCCNS(=O)(=O)c1c(N)ncn1C)S(C)(=O)=O. The third-order valence-electron chi connectivity index (χ3n) is 2.86. The molecule has 0 saturated heterocycles. The van der Waals surface area contributed by atoms with Crippen LogP contribution < -0.4 is 10.5 Å². The molecule has 0 aliphatic rings. The fourth-order valence-corrected chi connectivity index (χ4v) is 4.09. The maximum atomic E-state index is 12.1. The Labute approximate surface area is 125 Å². The Morgan fingerprint density at radius 3 is 2.43 bits per heavy atom. The zero-order valence-corrected chi connectivity index (χ0v) is 13.9. The molecule has 1 aromatic heterocycles. The maximum absolute atomic E-state index is 12.1. The highest BCUT2D eigenvalue weighted by Crippen LogP contribution is 2.14. The Bertz CT molecular complexity index is 661. The molecule has 0 aromatic carbocycles. The molecule has 1 aromatic rings. The summed E-state index contributed by atoms with van der Waals surface area (Å²) in [6.07, 6.45) is 2.79. The minimum atomic E-state index is -3.76. The van der Waals surface area contributed by atoms with Crippen molar-refractivity contribution in [3.63, 3.8) is 0 Å². The number of nitrogens with two attached hydrogens (primary N) is 1. The summed E-state index contributed by atoms with van der Waals surface area (Å²) < 4.78 is 51.9. The number of hydrogen-bond acceptors (Lipinski definition) is 6. The summed E-state index contributed by atoms with van der Waals surface area (Å²) in [5.41, 5.74) is 5.52. The highest BCUT2D eigenvalue weighted by Gasteiger charge is 2.22. The van der Waals surface area contributed by atoms with Gasteiger partial charge in [-0.15, -0.1) is 0 Å². The van der Waals surface area contributed by atoms with E-state index in [1.54, 1.807) is 6.92 Å². The Balaban J connectivity index is 2.60. The summed E-state index contributed by atoms with van der Waals surface area (Å²) in [6.45, 7) is 2.43. The van der Waals surface area contributed by atoms with Crippen LogP contribution in [0.3, 0.4) is 0 Å². The third-order valence-corrected chi connectivity index (χ3v) is 5.83. The Kier molecular flexibility index (Phi) is 5.73. The number of anilines is 1. The number of nitrogen functional groups attached to an aromatic ring is 1. The van der Waals surface area contributed by atoms with Crippen molar-refractivity contribution < 1.29 is 16.8 Å². The molecular formula is C10H21N5O4S2. The standard InChI is InChI=1S/C10H21N5O4S2/c1-4-15(20(3,16)17)7-5-6-13-21(18,19)10-9(11)12-8-14(10)2/h8,13H,4-7,11H2,1-3H3. The van der Waals surface area contributed by atoms with E-state index in [2.05, 4.69) is 9.71 Å². The second-order valence-electron chi connectivity index (χ2n) is 4.55. The molecule has 0 spiro atoms. The maximum Gasteiger partial charge on any atom is 0.260 e. The lowest BCUT2D eigenvalue weighted by Crippen LogP contribution is -2.34. The first-order valence-corrected chi connectivity index (χ1v) is 9.64. The van der Waals surface area contributed by atoms with Crippen molar-refractivity contribution in [3.05, 3.63) is 6.33 Å². The van der Waals surface area contributed by atoms with Crippen LogP contribution in [0.2, 0.25) is 0 Å². The molecule has 0 aliphatic carbocycles. The zero-order valence-electron chi connectivity index (χ0n) is 12.3. The van der Waals surface area contributed by atoms with Gasteiger partial charge < -0.3 is 10.3 Å². The molecule has 21 heavy (non-hydrogen) atoms. The first-order chi connectivity index (χ1) is 9.59. The molecule has 0 amide bonds. The molecule has 9 nitrogen and oxygen atoms in total. The quantitative estimate of drug-likeness (QED) is 0.582. The van der Waals surface area contributed by atoms with Gasteiger partial charge in [-0.2, -0.15) is 0 Å². The number of sulfonamides is 2. The molecule has 11 heteroatoms. The van der Waals surface area contributed by atoms with Gasteiger partial charge in [0.1, 0.15) is 0 Å². The highest BCUT2D eigenvalue weighted by atomic mass is 32.2. The lowest BCUT2D eigenvalue weighted by atomic mass is 10.4. The lowest BCUT2D eigenvalue weighted by Gasteiger charge is -2.17. The largest absolute Gasteiger partial charge is 0.381 e. The Morgan fingerprint density at radius 2 is 2.00 bits per heavy atom. The molecule has 0 aliphatic heterocycles. The first-order valence-electron chi connectivity index (χ1n) is 6.31. The number of imidazole rings is 1. The summed E-state index contributed by atoms with van der Waals surface area (Å²) in [5, 5.41) is -0.0991. The third kappa shape index (κ3) is 4.66. The number of aromatic nitrogens is 2. The smallest absolute Gasteiger partial charge is 0.260 e. The van der Waals surface area contributed by atoms with Crippen LogP contribution in [0, 0.1) is 0 Å². The van der Waals surface area contributed by atoms with Crippen molar-refractivity contribution in [2.75, 3.05) is 31.6 Å². The van der Waals surface area contributed by atoms with Gasteiger partial charge in [0.05, 0.1) is 12.6 Å². The van der Waals surface area contributed by atoms with Crippen LogP contribution in [-0.2, 0) is 27.1 Å². The van der Waals surface area contributed by atoms with E-state index in [0.717, 1.165) is 6.26 Å². The van der Waals surface area contributed by atoms with Crippen LogP contribution in [0.5, 0.6) is 0 Å². The van der Waals surface area contributed by atoms with E-state index < -0.39 is 20.0 Å². The summed E-state index contributed by atoms with van der Waals surface area (Å²) in [7, 11) is -5.50. The van der Waals surface area contributed by atoms with Gasteiger partial charge >= 0.3 is 0 Å². The molecule has 0 saturated carbocycles. The molecule has 3 N–H and O–H groups in total. The number of hydrogen-bond donors (Lipinski definition) is 2. The van der Waals surface area contributed by atoms with Gasteiger partial charge in [-0.3, -0.25) is 0 Å². The fraction of sp³-hybridized carbons (Fsp3) is 0.700. The molecule has 0 bridgehead atoms. The topological polar surface area (TPSA) is 127 Å². The van der Waals surface area contributed by atoms with Gasteiger partial charge in [-0.1, -0.05) is 6.92 Å². The van der Waals surface area contributed by atoms with E-state index in [1.165, 1.54) is 22.2 Å². The summed E-state index contributed by atoms with van der Waals surface area (Å²) >= 11 is 0. The molecule has 1 rings (SSSR count). The summed E-state index contributed by atoms with van der Waals surface area (Å²) in [6, 6.07) is 0. The average molecular weight is 339 g/mol. The van der Waals surface area contributed by atoms with E-state index in [-0.39, 0.29) is 23.9 Å². The fourth-order valence-electron chi connectivity index (χ4n) is 1.85.